The summed E-state index contributed by atoms with van der Waals surface area (Å²) in [6, 6.07) is 9.64. The molecule has 0 fully saturated rings. The number of aliphatic carboxylic acids is 1. The van der Waals surface area contributed by atoms with Crippen LogP contribution in [0.3, 0.4) is 0 Å². The molecule has 1 aromatic heterocycles. The second kappa shape index (κ2) is 7.81. The minimum atomic E-state index is -1.03. The van der Waals surface area contributed by atoms with Crippen LogP contribution in [0.1, 0.15) is 53.6 Å². The summed E-state index contributed by atoms with van der Waals surface area (Å²) < 4.78 is 5.25. The minimum Gasteiger partial charge on any atom is -0.481 e. The van der Waals surface area contributed by atoms with E-state index in [1.165, 1.54) is 6.26 Å². The van der Waals surface area contributed by atoms with Crippen molar-refractivity contribution in [2.24, 2.45) is 5.92 Å². The third kappa shape index (κ3) is 4.47. The van der Waals surface area contributed by atoms with Crippen LogP contribution in [0.15, 0.2) is 41.0 Å². The topological polar surface area (TPSA) is 79.5 Å². The summed E-state index contributed by atoms with van der Waals surface area (Å²) in [6.45, 7) is 5.94. The molecule has 0 spiro atoms. The average Bonchev–Trinajstić information content (AvgIpc) is 2.87. The van der Waals surface area contributed by atoms with Gasteiger partial charge in [-0.2, -0.15) is 0 Å². The minimum absolute atomic E-state index is 0.134. The summed E-state index contributed by atoms with van der Waals surface area (Å²) in [7, 11) is 0. The monoisotopic (exact) mass is 329 g/mol. The molecule has 2 N–H and O–H groups in total. The van der Waals surface area contributed by atoms with E-state index >= 15 is 0 Å². The molecule has 2 rings (SSSR count). The number of furan rings is 1. The Kier molecular flexibility index (Phi) is 5.79. The zero-order valence-corrected chi connectivity index (χ0v) is 14.2. The van der Waals surface area contributed by atoms with Gasteiger partial charge < -0.3 is 14.8 Å². The van der Waals surface area contributed by atoms with Crippen LogP contribution in [0, 0.1) is 12.8 Å². The predicted molar refractivity (Wildman–Crippen MR) is 90.9 cm³/mol. The Balaban J connectivity index is 2.25. The number of carboxylic acids is 1. The number of hydrogen-bond donors (Lipinski definition) is 2. The van der Waals surface area contributed by atoms with Crippen molar-refractivity contribution in [3.63, 3.8) is 0 Å². The number of carbonyl (C=O) groups is 2. The van der Waals surface area contributed by atoms with Gasteiger partial charge in [0.1, 0.15) is 12.2 Å². The number of rotatable bonds is 7. The van der Waals surface area contributed by atoms with E-state index in [2.05, 4.69) is 19.2 Å². The van der Waals surface area contributed by atoms with Gasteiger partial charge in [-0.25, -0.2) is 0 Å². The Bertz CT molecular complexity index is 703. The number of hydrogen-bond acceptors (Lipinski definition) is 3. The smallest absolute Gasteiger partial charge is 0.311 e. The van der Waals surface area contributed by atoms with Crippen LogP contribution < -0.4 is 5.32 Å². The van der Waals surface area contributed by atoms with E-state index in [1.54, 1.807) is 6.92 Å². The molecule has 5 nitrogen and oxygen atoms in total. The van der Waals surface area contributed by atoms with Crippen molar-refractivity contribution in [1.82, 2.24) is 5.32 Å². The van der Waals surface area contributed by atoms with E-state index in [0.717, 1.165) is 12.0 Å². The van der Waals surface area contributed by atoms with E-state index in [1.807, 2.05) is 30.3 Å². The maximum absolute atomic E-state index is 12.7. The number of carbonyl (C=O) groups excluding carboxylic acids is 1. The largest absolute Gasteiger partial charge is 0.481 e. The highest BCUT2D eigenvalue weighted by Crippen LogP contribution is 2.24. The number of benzene rings is 1. The van der Waals surface area contributed by atoms with Gasteiger partial charge in [0.05, 0.1) is 17.9 Å². The SMILES string of the molecule is Cc1coc(CC(=O)O)c1C(=O)NC(CC(C)C)c1ccccc1. The Morgan fingerprint density at radius 1 is 1.21 bits per heavy atom. The van der Waals surface area contributed by atoms with E-state index in [9.17, 15) is 9.59 Å². The molecule has 24 heavy (non-hydrogen) atoms. The Hall–Kier alpha value is -2.56. The van der Waals surface area contributed by atoms with Crippen LogP contribution in [0.5, 0.6) is 0 Å². The van der Waals surface area contributed by atoms with Crippen molar-refractivity contribution in [3.8, 4) is 0 Å². The molecule has 1 unspecified atom stereocenters. The number of nitrogens with one attached hydrogen (secondary N) is 1. The molecule has 2 aromatic rings. The highest BCUT2D eigenvalue weighted by Gasteiger charge is 2.23. The lowest BCUT2D eigenvalue weighted by molar-refractivity contribution is -0.136. The molecule has 0 aliphatic carbocycles. The van der Waals surface area contributed by atoms with Crippen LogP contribution >= 0.6 is 0 Å². The van der Waals surface area contributed by atoms with Crippen molar-refractivity contribution in [2.45, 2.75) is 39.7 Å². The molecule has 1 aromatic carbocycles. The van der Waals surface area contributed by atoms with Crippen molar-refractivity contribution in [3.05, 3.63) is 59.0 Å². The van der Waals surface area contributed by atoms with Crippen LogP contribution in [0.4, 0.5) is 0 Å². The molecule has 0 aliphatic heterocycles. The molecule has 0 saturated carbocycles. The van der Waals surface area contributed by atoms with Crippen molar-refractivity contribution >= 4 is 11.9 Å². The molecular weight excluding hydrogens is 306 g/mol. The first kappa shape index (κ1) is 17.8. The first-order chi connectivity index (χ1) is 11.4. The van der Waals surface area contributed by atoms with Crippen LogP contribution in [0.2, 0.25) is 0 Å². The fourth-order valence-electron chi connectivity index (χ4n) is 2.74. The van der Waals surface area contributed by atoms with Gasteiger partial charge in [-0.3, -0.25) is 9.59 Å². The standard InChI is InChI=1S/C19H23NO4/c1-12(2)9-15(14-7-5-4-6-8-14)20-19(23)18-13(3)11-24-16(18)10-17(21)22/h4-8,11-12,15H,9-10H2,1-3H3,(H,20,23)(H,21,22). The molecule has 0 saturated heterocycles. The molecule has 1 heterocycles. The van der Waals surface area contributed by atoms with E-state index in [4.69, 9.17) is 9.52 Å². The van der Waals surface area contributed by atoms with Crippen LogP contribution in [0.25, 0.3) is 0 Å². The predicted octanol–water partition coefficient (Wildman–Crippen LogP) is 3.73. The number of amides is 1. The summed E-state index contributed by atoms with van der Waals surface area (Å²) in [5, 5.41) is 12.0. The molecule has 0 radical (unpaired) electrons. The number of aryl methyl sites for hydroxylation is 1. The fraction of sp³-hybridized carbons (Fsp3) is 0.368. The number of carboxylic acid groups (broad SMARTS) is 1. The van der Waals surface area contributed by atoms with E-state index in [-0.39, 0.29) is 24.1 Å². The third-order valence-electron chi connectivity index (χ3n) is 3.80. The van der Waals surface area contributed by atoms with E-state index in [0.29, 0.717) is 17.0 Å². The second-order valence-electron chi connectivity index (χ2n) is 6.35. The lowest BCUT2D eigenvalue weighted by atomic mass is 9.96. The van der Waals surface area contributed by atoms with Gasteiger partial charge >= 0.3 is 5.97 Å². The van der Waals surface area contributed by atoms with Gasteiger partial charge in [0.2, 0.25) is 0 Å². The first-order valence-electron chi connectivity index (χ1n) is 8.03. The van der Waals surface area contributed by atoms with Crippen molar-refractivity contribution in [2.75, 3.05) is 0 Å². The zero-order valence-electron chi connectivity index (χ0n) is 14.2. The molecule has 0 bridgehead atoms. The van der Waals surface area contributed by atoms with Gasteiger partial charge in [-0.1, -0.05) is 44.2 Å². The lowest BCUT2D eigenvalue weighted by Gasteiger charge is -2.21. The summed E-state index contributed by atoms with van der Waals surface area (Å²) in [6.07, 6.45) is 1.91. The molecule has 1 atom stereocenters. The quantitative estimate of drug-likeness (QED) is 0.811. The Labute approximate surface area is 141 Å². The second-order valence-corrected chi connectivity index (χ2v) is 6.35. The van der Waals surface area contributed by atoms with Crippen LogP contribution in [-0.4, -0.2) is 17.0 Å². The van der Waals surface area contributed by atoms with Gasteiger partial charge in [-0.05, 0) is 24.8 Å². The Morgan fingerprint density at radius 2 is 1.88 bits per heavy atom. The molecule has 5 heteroatoms. The van der Waals surface area contributed by atoms with Gasteiger partial charge in [0.25, 0.3) is 5.91 Å². The third-order valence-corrected chi connectivity index (χ3v) is 3.80. The summed E-state index contributed by atoms with van der Waals surface area (Å²) in [5.74, 6) is -0.736. The molecule has 128 valence electrons. The maximum Gasteiger partial charge on any atom is 0.311 e. The molecular formula is C19H23NO4. The van der Waals surface area contributed by atoms with Gasteiger partial charge in [0.15, 0.2) is 0 Å². The lowest BCUT2D eigenvalue weighted by Crippen LogP contribution is -2.30. The highest BCUT2D eigenvalue weighted by molar-refractivity contribution is 5.97. The Morgan fingerprint density at radius 3 is 2.46 bits per heavy atom. The molecule has 1 amide bonds. The first-order valence-corrected chi connectivity index (χ1v) is 8.03. The van der Waals surface area contributed by atoms with Crippen LogP contribution in [-0.2, 0) is 11.2 Å². The van der Waals surface area contributed by atoms with Gasteiger partial charge in [0, 0.05) is 5.56 Å². The van der Waals surface area contributed by atoms with Gasteiger partial charge in [-0.15, -0.1) is 0 Å². The van der Waals surface area contributed by atoms with Crippen molar-refractivity contribution in [1.29, 1.82) is 0 Å². The average molecular weight is 329 g/mol. The van der Waals surface area contributed by atoms with Crippen molar-refractivity contribution < 1.29 is 19.1 Å². The van der Waals surface area contributed by atoms with E-state index < -0.39 is 5.97 Å². The fourth-order valence-corrected chi connectivity index (χ4v) is 2.74. The zero-order chi connectivity index (χ0) is 17.7. The summed E-state index contributed by atoms with van der Waals surface area (Å²) >= 11 is 0. The maximum atomic E-state index is 12.7. The summed E-state index contributed by atoms with van der Waals surface area (Å²) in [4.78, 5) is 23.7. The summed E-state index contributed by atoms with van der Waals surface area (Å²) in [5.41, 5.74) is 1.99. The highest BCUT2D eigenvalue weighted by atomic mass is 16.4. The molecule has 0 aliphatic rings. The normalized spacial score (nSPS) is 12.2.